The van der Waals surface area contributed by atoms with Crippen molar-refractivity contribution in [3.05, 3.63) is 30.1 Å². The number of amides is 2. The van der Waals surface area contributed by atoms with Crippen LogP contribution in [0, 0.1) is 35.0 Å². The average molecular weight is 456 g/mol. The SMILES string of the molecule is CC1CCN(C(=O)[C@@H](C)C2CC[C@@]3(C)CC[C@H](NC(=O)c4ccncc4)[C@@H](C)[C@@H]3[C@H]2O)CC1. The first-order chi connectivity index (χ1) is 15.7. The van der Waals surface area contributed by atoms with Crippen molar-refractivity contribution in [3.8, 4) is 0 Å². The summed E-state index contributed by atoms with van der Waals surface area (Å²) in [4.78, 5) is 32.1. The lowest BCUT2D eigenvalue weighted by atomic mass is 9.51. The molecule has 0 spiro atoms. The summed E-state index contributed by atoms with van der Waals surface area (Å²) in [5, 5.41) is 14.9. The number of aliphatic hydroxyl groups is 1. The Balaban J connectivity index is 1.45. The van der Waals surface area contributed by atoms with E-state index in [4.69, 9.17) is 0 Å². The molecular weight excluding hydrogens is 414 g/mol. The van der Waals surface area contributed by atoms with Gasteiger partial charge < -0.3 is 15.3 Å². The average Bonchev–Trinajstić information content (AvgIpc) is 2.81. The first-order valence-electron chi connectivity index (χ1n) is 12.9. The summed E-state index contributed by atoms with van der Waals surface area (Å²) < 4.78 is 0. The van der Waals surface area contributed by atoms with Crippen LogP contribution in [-0.2, 0) is 4.79 Å². The molecule has 1 aromatic heterocycles. The second-order valence-electron chi connectivity index (χ2n) is 11.4. The molecule has 182 valence electrons. The molecule has 0 aromatic carbocycles. The molecule has 6 heteroatoms. The van der Waals surface area contributed by atoms with E-state index in [0.717, 1.165) is 51.6 Å². The molecule has 2 saturated carbocycles. The van der Waals surface area contributed by atoms with E-state index in [1.54, 1.807) is 24.5 Å². The number of nitrogens with zero attached hydrogens (tertiary/aromatic N) is 2. The Kier molecular flexibility index (Phi) is 7.13. The van der Waals surface area contributed by atoms with Crippen molar-refractivity contribution in [2.24, 2.45) is 35.0 Å². The Labute approximate surface area is 198 Å². The first kappa shape index (κ1) is 24.2. The molecule has 1 aromatic rings. The number of likely N-dealkylation sites (tertiary alicyclic amines) is 1. The number of carbonyl (C=O) groups is 2. The topological polar surface area (TPSA) is 82.5 Å². The highest BCUT2D eigenvalue weighted by Crippen LogP contribution is 2.55. The van der Waals surface area contributed by atoms with E-state index in [1.165, 1.54) is 0 Å². The fourth-order valence-corrected chi connectivity index (χ4v) is 6.95. The van der Waals surface area contributed by atoms with E-state index in [9.17, 15) is 14.7 Å². The van der Waals surface area contributed by atoms with Crippen LogP contribution in [0.3, 0.4) is 0 Å². The van der Waals surface area contributed by atoms with Crippen molar-refractivity contribution >= 4 is 11.8 Å². The van der Waals surface area contributed by atoms with Crippen LogP contribution in [0.5, 0.6) is 0 Å². The lowest BCUT2D eigenvalue weighted by Crippen LogP contribution is -2.58. The highest BCUT2D eigenvalue weighted by Gasteiger charge is 2.54. The van der Waals surface area contributed by atoms with E-state index >= 15 is 0 Å². The number of fused-ring (bicyclic) bond motifs is 1. The fourth-order valence-electron chi connectivity index (χ4n) is 6.95. The Hall–Kier alpha value is -1.95. The van der Waals surface area contributed by atoms with Gasteiger partial charge in [-0.2, -0.15) is 0 Å². The van der Waals surface area contributed by atoms with Gasteiger partial charge in [0.15, 0.2) is 0 Å². The number of aromatic nitrogens is 1. The molecular formula is C27H41N3O3. The predicted octanol–water partition coefficient (Wildman–Crippen LogP) is 3.90. The summed E-state index contributed by atoms with van der Waals surface area (Å²) >= 11 is 0. The van der Waals surface area contributed by atoms with Crippen molar-refractivity contribution in [1.82, 2.24) is 15.2 Å². The predicted molar refractivity (Wildman–Crippen MR) is 128 cm³/mol. The largest absolute Gasteiger partial charge is 0.392 e. The van der Waals surface area contributed by atoms with E-state index in [2.05, 4.69) is 31.1 Å². The summed E-state index contributed by atoms with van der Waals surface area (Å²) in [6.45, 7) is 10.4. The molecule has 33 heavy (non-hydrogen) atoms. The van der Waals surface area contributed by atoms with E-state index in [0.29, 0.717) is 11.5 Å². The van der Waals surface area contributed by atoms with E-state index in [-0.39, 0.29) is 46.9 Å². The van der Waals surface area contributed by atoms with Gasteiger partial charge in [0.1, 0.15) is 0 Å². The number of hydrogen-bond donors (Lipinski definition) is 2. The molecule has 2 heterocycles. The number of rotatable bonds is 4. The zero-order valence-corrected chi connectivity index (χ0v) is 20.7. The Morgan fingerprint density at radius 2 is 1.76 bits per heavy atom. The van der Waals surface area contributed by atoms with Crippen molar-refractivity contribution in [2.75, 3.05) is 13.1 Å². The van der Waals surface area contributed by atoms with Crippen molar-refractivity contribution < 1.29 is 14.7 Å². The molecule has 0 bridgehead atoms. The third-order valence-electron chi connectivity index (χ3n) is 9.27. The molecule has 6 nitrogen and oxygen atoms in total. The number of carbonyl (C=O) groups excluding carboxylic acids is 2. The maximum atomic E-state index is 13.3. The smallest absolute Gasteiger partial charge is 0.251 e. The number of piperidine rings is 1. The van der Waals surface area contributed by atoms with Gasteiger partial charge in [0.25, 0.3) is 5.91 Å². The summed E-state index contributed by atoms with van der Waals surface area (Å²) in [6, 6.07) is 3.48. The van der Waals surface area contributed by atoms with Crippen LogP contribution in [-0.4, -0.2) is 52.0 Å². The Morgan fingerprint density at radius 3 is 2.42 bits per heavy atom. The normalized spacial score (nSPS) is 36.0. The van der Waals surface area contributed by atoms with Gasteiger partial charge in [-0.3, -0.25) is 14.6 Å². The summed E-state index contributed by atoms with van der Waals surface area (Å²) in [6.07, 6.45) is 8.71. The molecule has 3 aliphatic rings. The van der Waals surface area contributed by atoms with Crippen LogP contribution in [0.25, 0.3) is 0 Å². The number of hydrogen-bond acceptors (Lipinski definition) is 4. The minimum absolute atomic E-state index is 0.0201. The Morgan fingerprint density at radius 1 is 1.12 bits per heavy atom. The van der Waals surface area contributed by atoms with Crippen molar-refractivity contribution in [3.63, 3.8) is 0 Å². The molecule has 3 fully saturated rings. The van der Waals surface area contributed by atoms with Crippen LogP contribution < -0.4 is 5.32 Å². The Bertz CT molecular complexity index is 838. The van der Waals surface area contributed by atoms with Crippen LogP contribution in [0.2, 0.25) is 0 Å². The summed E-state index contributed by atoms with van der Waals surface area (Å²) in [5.74, 6) is 0.842. The lowest BCUT2D eigenvalue weighted by molar-refractivity contribution is -0.151. The molecule has 2 amide bonds. The molecule has 1 saturated heterocycles. The third kappa shape index (κ3) is 4.82. The maximum Gasteiger partial charge on any atom is 0.251 e. The molecule has 0 radical (unpaired) electrons. The third-order valence-corrected chi connectivity index (χ3v) is 9.27. The quantitative estimate of drug-likeness (QED) is 0.721. The monoisotopic (exact) mass is 455 g/mol. The van der Waals surface area contributed by atoms with Gasteiger partial charge in [-0.1, -0.05) is 27.7 Å². The van der Waals surface area contributed by atoms with Gasteiger partial charge in [0.05, 0.1) is 6.10 Å². The molecule has 1 aliphatic heterocycles. The van der Waals surface area contributed by atoms with Crippen LogP contribution >= 0.6 is 0 Å². The standard InChI is InChI=1S/C27H41N3O3/c1-17-9-15-30(16-10-17)26(33)18(2)21-5-11-27(4)12-6-22(19(3)23(27)24(21)31)29-25(32)20-7-13-28-14-8-20/h7-8,13-14,17-19,21-24,31H,5-6,9-12,15-16H2,1-4H3,(H,29,32)/t18-,19+,21?,22-,23+,24-,27-/m0/s1. The van der Waals surface area contributed by atoms with Crippen LogP contribution in [0.4, 0.5) is 0 Å². The first-order valence-corrected chi connectivity index (χ1v) is 12.9. The molecule has 2 N–H and O–H groups in total. The second-order valence-corrected chi connectivity index (χ2v) is 11.4. The lowest BCUT2D eigenvalue weighted by Gasteiger charge is -2.56. The van der Waals surface area contributed by atoms with Gasteiger partial charge in [-0.15, -0.1) is 0 Å². The van der Waals surface area contributed by atoms with Crippen molar-refractivity contribution in [1.29, 1.82) is 0 Å². The molecule has 4 rings (SSSR count). The molecule has 7 atom stereocenters. The zero-order valence-electron chi connectivity index (χ0n) is 20.7. The fraction of sp³-hybridized carbons (Fsp3) is 0.741. The van der Waals surface area contributed by atoms with Gasteiger partial charge in [0, 0.05) is 43.0 Å². The minimum atomic E-state index is -0.526. The minimum Gasteiger partial charge on any atom is -0.392 e. The summed E-state index contributed by atoms with van der Waals surface area (Å²) in [5.41, 5.74) is 0.666. The van der Waals surface area contributed by atoms with Gasteiger partial charge in [0.2, 0.25) is 5.91 Å². The zero-order chi connectivity index (χ0) is 23.8. The van der Waals surface area contributed by atoms with Crippen molar-refractivity contribution in [2.45, 2.75) is 78.4 Å². The maximum absolute atomic E-state index is 13.3. The molecule has 2 aliphatic carbocycles. The highest BCUT2D eigenvalue weighted by molar-refractivity contribution is 5.94. The van der Waals surface area contributed by atoms with Gasteiger partial charge in [-0.05, 0) is 79.7 Å². The van der Waals surface area contributed by atoms with E-state index < -0.39 is 6.10 Å². The second kappa shape index (κ2) is 9.73. The number of nitrogens with one attached hydrogen (secondary N) is 1. The van der Waals surface area contributed by atoms with Gasteiger partial charge >= 0.3 is 0 Å². The van der Waals surface area contributed by atoms with E-state index in [1.807, 2.05) is 11.8 Å². The molecule has 1 unspecified atom stereocenters. The number of pyridine rings is 1. The van der Waals surface area contributed by atoms with Crippen LogP contribution in [0.1, 0.15) is 76.6 Å². The highest BCUT2D eigenvalue weighted by atomic mass is 16.3. The van der Waals surface area contributed by atoms with Crippen LogP contribution in [0.15, 0.2) is 24.5 Å². The number of aliphatic hydroxyl groups excluding tert-OH is 1. The van der Waals surface area contributed by atoms with Gasteiger partial charge in [-0.25, -0.2) is 0 Å². The summed E-state index contributed by atoms with van der Waals surface area (Å²) in [7, 11) is 0.